The number of carbonyl (C=O) groups is 1. The number of carboxylic acid groups (broad SMARTS) is 1. The van der Waals surface area contributed by atoms with Crippen LogP contribution in [-0.4, -0.2) is 58.1 Å². The maximum atomic E-state index is 11.2. The number of rotatable bonds is 6. The van der Waals surface area contributed by atoms with Crippen molar-refractivity contribution < 1.29 is 9.90 Å². The van der Waals surface area contributed by atoms with E-state index in [1.54, 1.807) is 0 Å². The van der Waals surface area contributed by atoms with Gasteiger partial charge in [0.2, 0.25) is 0 Å². The Labute approximate surface area is 116 Å². The van der Waals surface area contributed by atoms with Crippen LogP contribution in [0.25, 0.3) is 0 Å². The van der Waals surface area contributed by atoms with Crippen LogP contribution in [0.5, 0.6) is 0 Å². The lowest BCUT2D eigenvalue weighted by Crippen LogP contribution is -2.66. The van der Waals surface area contributed by atoms with Crippen LogP contribution in [0.3, 0.4) is 0 Å². The molecule has 19 heavy (non-hydrogen) atoms. The molecule has 0 aromatic carbocycles. The van der Waals surface area contributed by atoms with Crippen LogP contribution in [0.4, 0.5) is 0 Å². The zero-order chi connectivity index (χ0) is 14.0. The van der Waals surface area contributed by atoms with Gasteiger partial charge in [0.05, 0.1) is 0 Å². The van der Waals surface area contributed by atoms with Crippen molar-refractivity contribution >= 4 is 5.97 Å². The van der Waals surface area contributed by atoms with Crippen molar-refractivity contribution in [3.63, 3.8) is 0 Å². The van der Waals surface area contributed by atoms with Crippen LogP contribution in [0.1, 0.15) is 52.9 Å². The van der Waals surface area contributed by atoms with Gasteiger partial charge in [0.15, 0.2) is 0 Å². The Morgan fingerprint density at radius 2 is 2.05 bits per heavy atom. The molecule has 2 aliphatic rings. The highest BCUT2D eigenvalue weighted by Gasteiger charge is 2.44. The minimum absolute atomic E-state index is 0.231. The van der Waals surface area contributed by atoms with Crippen molar-refractivity contribution in [3.05, 3.63) is 0 Å². The Kier molecular flexibility index (Phi) is 4.51. The number of unbranched alkanes of at least 4 members (excludes halogenated alkanes) is 1. The van der Waals surface area contributed by atoms with E-state index in [-0.39, 0.29) is 11.6 Å². The molecular formula is C15H28N2O2. The maximum Gasteiger partial charge on any atom is 0.320 e. The van der Waals surface area contributed by atoms with E-state index in [2.05, 4.69) is 30.6 Å². The van der Waals surface area contributed by atoms with Crippen molar-refractivity contribution in [1.82, 2.24) is 9.80 Å². The van der Waals surface area contributed by atoms with Gasteiger partial charge in [-0.3, -0.25) is 14.6 Å². The van der Waals surface area contributed by atoms with Crippen molar-refractivity contribution in [2.24, 2.45) is 0 Å². The lowest BCUT2D eigenvalue weighted by atomic mass is 9.90. The molecule has 0 radical (unpaired) electrons. The molecule has 0 bridgehead atoms. The molecule has 4 heteroatoms. The van der Waals surface area contributed by atoms with E-state index in [0.717, 1.165) is 32.5 Å². The van der Waals surface area contributed by atoms with Gasteiger partial charge in [0, 0.05) is 24.7 Å². The van der Waals surface area contributed by atoms with E-state index in [0.29, 0.717) is 6.04 Å². The number of aliphatic carboxylic acids is 1. The van der Waals surface area contributed by atoms with Gasteiger partial charge in [-0.2, -0.15) is 0 Å². The molecule has 2 fully saturated rings. The first-order valence-corrected chi connectivity index (χ1v) is 7.69. The van der Waals surface area contributed by atoms with E-state index in [9.17, 15) is 9.90 Å². The van der Waals surface area contributed by atoms with Gasteiger partial charge in [0.1, 0.15) is 6.04 Å². The monoisotopic (exact) mass is 268 g/mol. The summed E-state index contributed by atoms with van der Waals surface area (Å²) in [6.07, 6.45) is 5.61. The lowest BCUT2D eigenvalue weighted by molar-refractivity contribution is -0.145. The Morgan fingerprint density at radius 3 is 2.63 bits per heavy atom. The quantitative estimate of drug-likeness (QED) is 0.802. The average Bonchev–Trinajstić information content (AvgIpc) is 2.73. The molecule has 2 saturated heterocycles. The van der Waals surface area contributed by atoms with Crippen molar-refractivity contribution in [2.45, 2.75) is 70.5 Å². The van der Waals surface area contributed by atoms with Gasteiger partial charge in [-0.25, -0.2) is 0 Å². The molecule has 2 rings (SSSR count). The third-order valence-corrected chi connectivity index (χ3v) is 4.91. The van der Waals surface area contributed by atoms with Crippen molar-refractivity contribution in [3.8, 4) is 0 Å². The van der Waals surface area contributed by atoms with Crippen LogP contribution in [0.2, 0.25) is 0 Å². The normalized spacial score (nSPS) is 26.6. The number of hydrogen-bond donors (Lipinski definition) is 1. The SMILES string of the molecule is CCCCC(C)(C)N1CC(N2CCCC2C(=O)O)C1. The highest BCUT2D eigenvalue weighted by molar-refractivity contribution is 5.73. The second-order valence-electron chi connectivity index (χ2n) is 6.71. The zero-order valence-electron chi connectivity index (χ0n) is 12.6. The van der Waals surface area contributed by atoms with Crippen LogP contribution < -0.4 is 0 Å². The minimum Gasteiger partial charge on any atom is -0.480 e. The topological polar surface area (TPSA) is 43.8 Å². The predicted octanol–water partition coefficient (Wildman–Crippen LogP) is 2.19. The van der Waals surface area contributed by atoms with Crippen molar-refractivity contribution in [1.29, 1.82) is 0 Å². The number of carboxylic acids is 1. The molecule has 0 aromatic rings. The molecule has 4 nitrogen and oxygen atoms in total. The van der Waals surface area contributed by atoms with Crippen LogP contribution in [0.15, 0.2) is 0 Å². The van der Waals surface area contributed by atoms with Crippen molar-refractivity contribution in [2.75, 3.05) is 19.6 Å². The molecule has 0 spiro atoms. The summed E-state index contributed by atoms with van der Waals surface area (Å²) in [7, 11) is 0. The largest absolute Gasteiger partial charge is 0.480 e. The van der Waals surface area contributed by atoms with E-state index in [4.69, 9.17) is 0 Å². The lowest BCUT2D eigenvalue weighted by Gasteiger charge is -2.52. The molecule has 0 aliphatic carbocycles. The zero-order valence-corrected chi connectivity index (χ0v) is 12.6. The Hall–Kier alpha value is -0.610. The molecule has 1 N–H and O–H groups in total. The third-order valence-electron chi connectivity index (χ3n) is 4.91. The summed E-state index contributed by atoms with van der Waals surface area (Å²) >= 11 is 0. The molecule has 0 saturated carbocycles. The Morgan fingerprint density at radius 1 is 1.37 bits per heavy atom. The molecule has 0 amide bonds. The summed E-state index contributed by atoms with van der Waals surface area (Å²) in [4.78, 5) is 16.0. The molecule has 1 unspecified atom stereocenters. The van der Waals surface area contributed by atoms with Gasteiger partial charge >= 0.3 is 5.97 Å². The first-order chi connectivity index (χ1) is 8.95. The first kappa shape index (κ1) is 14.8. The second kappa shape index (κ2) is 5.80. The van der Waals surface area contributed by atoms with Gasteiger partial charge in [0.25, 0.3) is 0 Å². The van der Waals surface area contributed by atoms with Crippen LogP contribution in [-0.2, 0) is 4.79 Å². The number of hydrogen-bond acceptors (Lipinski definition) is 3. The van der Waals surface area contributed by atoms with Gasteiger partial charge < -0.3 is 5.11 Å². The molecule has 1 atom stereocenters. The molecule has 0 aromatic heterocycles. The molecular weight excluding hydrogens is 240 g/mol. The summed E-state index contributed by atoms with van der Waals surface area (Å²) in [6.45, 7) is 9.91. The smallest absolute Gasteiger partial charge is 0.320 e. The predicted molar refractivity (Wildman–Crippen MR) is 76.3 cm³/mol. The molecule has 2 heterocycles. The Balaban J connectivity index is 1.84. The number of likely N-dealkylation sites (tertiary alicyclic amines) is 2. The fraction of sp³-hybridized carbons (Fsp3) is 0.933. The van der Waals surface area contributed by atoms with Crippen LogP contribution >= 0.6 is 0 Å². The summed E-state index contributed by atoms with van der Waals surface area (Å²) in [6, 6.07) is 0.232. The standard InChI is InChI=1S/C15H28N2O2/c1-4-5-8-15(2,3)16-10-12(11-16)17-9-6-7-13(17)14(18)19/h12-13H,4-11H2,1-3H3,(H,18,19). The Bertz CT molecular complexity index is 324. The first-order valence-electron chi connectivity index (χ1n) is 7.69. The van der Waals surface area contributed by atoms with Gasteiger partial charge in [-0.1, -0.05) is 19.8 Å². The summed E-state index contributed by atoms with van der Waals surface area (Å²) < 4.78 is 0. The van der Waals surface area contributed by atoms with Gasteiger partial charge in [-0.15, -0.1) is 0 Å². The summed E-state index contributed by atoms with van der Waals surface area (Å²) in [5.41, 5.74) is 0.269. The summed E-state index contributed by atoms with van der Waals surface area (Å²) in [5.74, 6) is -0.638. The van der Waals surface area contributed by atoms with Gasteiger partial charge in [-0.05, 0) is 39.7 Å². The highest BCUT2D eigenvalue weighted by Crippen LogP contribution is 2.32. The minimum atomic E-state index is -0.638. The van der Waals surface area contributed by atoms with E-state index >= 15 is 0 Å². The fourth-order valence-corrected chi connectivity index (χ4v) is 3.42. The summed E-state index contributed by atoms with van der Waals surface area (Å²) in [5, 5.41) is 9.24. The number of nitrogens with zero attached hydrogens (tertiary/aromatic N) is 2. The fourth-order valence-electron chi connectivity index (χ4n) is 3.42. The van der Waals surface area contributed by atoms with E-state index in [1.165, 1.54) is 19.3 Å². The van der Waals surface area contributed by atoms with E-state index in [1.807, 2.05) is 0 Å². The third kappa shape index (κ3) is 3.11. The maximum absolute atomic E-state index is 11.2. The molecule has 110 valence electrons. The molecule has 2 aliphatic heterocycles. The highest BCUT2D eigenvalue weighted by atomic mass is 16.4. The average molecular weight is 268 g/mol. The second-order valence-corrected chi connectivity index (χ2v) is 6.71. The van der Waals surface area contributed by atoms with E-state index < -0.39 is 5.97 Å². The van der Waals surface area contributed by atoms with Crippen LogP contribution in [0, 0.1) is 0 Å².